The molecule has 0 amide bonds. The summed E-state index contributed by atoms with van der Waals surface area (Å²) in [6.07, 6.45) is 0. The minimum Gasteiger partial charge on any atom is -0.493 e. The average molecular weight is 176 g/mol. The van der Waals surface area contributed by atoms with E-state index >= 15 is 0 Å². The molecule has 0 fully saturated rings. The molecular formula is C11H12O2. The SMILES string of the molecule is COc1cccc2c(C)c(C)oc12. The maximum absolute atomic E-state index is 5.60. The van der Waals surface area contributed by atoms with Gasteiger partial charge >= 0.3 is 0 Å². The first-order chi connectivity index (χ1) is 6.24. The van der Waals surface area contributed by atoms with Gasteiger partial charge in [0.2, 0.25) is 0 Å². The molecule has 68 valence electrons. The Labute approximate surface area is 77.1 Å². The predicted octanol–water partition coefficient (Wildman–Crippen LogP) is 3.06. The Balaban J connectivity index is 2.84. The van der Waals surface area contributed by atoms with Crippen molar-refractivity contribution in [2.24, 2.45) is 0 Å². The first-order valence-electron chi connectivity index (χ1n) is 4.26. The number of benzene rings is 1. The molecule has 13 heavy (non-hydrogen) atoms. The molecule has 1 aromatic carbocycles. The Hall–Kier alpha value is -1.44. The van der Waals surface area contributed by atoms with Crippen molar-refractivity contribution < 1.29 is 9.15 Å². The van der Waals surface area contributed by atoms with Crippen LogP contribution in [0.15, 0.2) is 22.6 Å². The molecule has 0 radical (unpaired) electrons. The van der Waals surface area contributed by atoms with Crippen molar-refractivity contribution >= 4 is 11.0 Å². The van der Waals surface area contributed by atoms with E-state index in [2.05, 4.69) is 6.92 Å². The second kappa shape index (κ2) is 2.80. The summed E-state index contributed by atoms with van der Waals surface area (Å²) in [4.78, 5) is 0. The second-order valence-corrected chi connectivity index (χ2v) is 3.12. The molecule has 1 heterocycles. The largest absolute Gasteiger partial charge is 0.493 e. The lowest BCUT2D eigenvalue weighted by Crippen LogP contribution is -1.81. The molecule has 2 aromatic rings. The van der Waals surface area contributed by atoms with E-state index in [1.807, 2.05) is 25.1 Å². The fourth-order valence-electron chi connectivity index (χ4n) is 1.50. The van der Waals surface area contributed by atoms with Crippen molar-refractivity contribution in [3.63, 3.8) is 0 Å². The highest BCUT2D eigenvalue weighted by Crippen LogP contribution is 2.31. The zero-order chi connectivity index (χ0) is 9.42. The van der Waals surface area contributed by atoms with Gasteiger partial charge in [-0.05, 0) is 25.5 Å². The third kappa shape index (κ3) is 1.10. The first-order valence-corrected chi connectivity index (χ1v) is 4.26. The quantitative estimate of drug-likeness (QED) is 0.666. The zero-order valence-corrected chi connectivity index (χ0v) is 8.05. The number of hydrogen-bond acceptors (Lipinski definition) is 2. The maximum Gasteiger partial charge on any atom is 0.176 e. The van der Waals surface area contributed by atoms with Crippen molar-refractivity contribution in [1.29, 1.82) is 0 Å². The van der Waals surface area contributed by atoms with Crippen LogP contribution < -0.4 is 4.74 Å². The Bertz CT molecular complexity index is 441. The molecule has 0 bridgehead atoms. The summed E-state index contributed by atoms with van der Waals surface area (Å²) in [7, 11) is 1.65. The fraction of sp³-hybridized carbons (Fsp3) is 0.273. The van der Waals surface area contributed by atoms with E-state index in [0.717, 1.165) is 22.5 Å². The van der Waals surface area contributed by atoms with Crippen LogP contribution >= 0.6 is 0 Å². The van der Waals surface area contributed by atoms with Gasteiger partial charge in [0.15, 0.2) is 11.3 Å². The summed E-state index contributed by atoms with van der Waals surface area (Å²) in [6.45, 7) is 4.02. The van der Waals surface area contributed by atoms with Crippen LogP contribution in [-0.2, 0) is 0 Å². The van der Waals surface area contributed by atoms with Gasteiger partial charge in [-0.25, -0.2) is 0 Å². The third-order valence-corrected chi connectivity index (χ3v) is 2.39. The third-order valence-electron chi connectivity index (χ3n) is 2.39. The highest BCUT2D eigenvalue weighted by atomic mass is 16.5. The molecule has 0 N–H and O–H groups in total. The summed E-state index contributed by atoms with van der Waals surface area (Å²) < 4.78 is 10.8. The monoisotopic (exact) mass is 176 g/mol. The molecule has 0 aliphatic rings. The number of furan rings is 1. The predicted molar refractivity (Wildman–Crippen MR) is 52.2 cm³/mol. The highest BCUT2D eigenvalue weighted by Gasteiger charge is 2.09. The Morgan fingerprint density at radius 3 is 2.69 bits per heavy atom. The number of fused-ring (bicyclic) bond motifs is 1. The average Bonchev–Trinajstić information content (AvgIpc) is 2.43. The van der Waals surface area contributed by atoms with Gasteiger partial charge in [0.25, 0.3) is 0 Å². The summed E-state index contributed by atoms with van der Waals surface area (Å²) in [5.41, 5.74) is 2.04. The van der Waals surface area contributed by atoms with Crippen LogP contribution in [-0.4, -0.2) is 7.11 Å². The van der Waals surface area contributed by atoms with E-state index in [1.54, 1.807) is 7.11 Å². The molecule has 0 saturated heterocycles. The Morgan fingerprint density at radius 2 is 2.00 bits per heavy atom. The molecule has 0 aliphatic carbocycles. The molecule has 2 nitrogen and oxygen atoms in total. The number of methoxy groups -OCH3 is 1. The molecule has 0 spiro atoms. The van der Waals surface area contributed by atoms with Crippen molar-refractivity contribution in [3.8, 4) is 5.75 Å². The van der Waals surface area contributed by atoms with Gasteiger partial charge in [-0.2, -0.15) is 0 Å². The maximum atomic E-state index is 5.60. The van der Waals surface area contributed by atoms with Crippen LogP contribution in [0.1, 0.15) is 11.3 Å². The lowest BCUT2D eigenvalue weighted by molar-refractivity contribution is 0.408. The zero-order valence-electron chi connectivity index (χ0n) is 8.05. The fourth-order valence-corrected chi connectivity index (χ4v) is 1.50. The Morgan fingerprint density at radius 1 is 1.23 bits per heavy atom. The van der Waals surface area contributed by atoms with Crippen LogP contribution in [0.3, 0.4) is 0 Å². The van der Waals surface area contributed by atoms with Crippen molar-refractivity contribution in [1.82, 2.24) is 0 Å². The molecule has 2 rings (SSSR count). The van der Waals surface area contributed by atoms with E-state index in [4.69, 9.17) is 9.15 Å². The second-order valence-electron chi connectivity index (χ2n) is 3.12. The van der Waals surface area contributed by atoms with Crippen molar-refractivity contribution in [2.75, 3.05) is 7.11 Å². The van der Waals surface area contributed by atoms with Gasteiger partial charge in [-0.15, -0.1) is 0 Å². The van der Waals surface area contributed by atoms with E-state index in [0.29, 0.717) is 0 Å². The molecule has 0 atom stereocenters. The molecule has 1 aromatic heterocycles. The number of para-hydroxylation sites is 1. The van der Waals surface area contributed by atoms with Gasteiger partial charge in [0.05, 0.1) is 7.11 Å². The van der Waals surface area contributed by atoms with E-state index < -0.39 is 0 Å². The molecule has 0 aliphatic heterocycles. The molecular weight excluding hydrogens is 164 g/mol. The standard InChI is InChI=1S/C11H12O2/c1-7-8(2)13-11-9(7)5-4-6-10(11)12-3/h4-6H,1-3H3. The highest BCUT2D eigenvalue weighted by molar-refractivity contribution is 5.86. The van der Waals surface area contributed by atoms with E-state index in [-0.39, 0.29) is 0 Å². The van der Waals surface area contributed by atoms with Crippen LogP contribution in [0, 0.1) is 13.8 Å². The van der Waals surface area contributed by atoms with Gasteiger partial charge in [-0.1, -0.05) is 12.1 Å². The topological polar surface area (TPSA) is 22.4 Å². The van der Waals surface area contributed by atoms with Gasteiger partial charge in [0.1, 0.15) is 5.76 Å². The molecule has 0 saturated carbocycles. The normalized spacial score (nSPS) is 10.7. The van der Waals surface area contributed by atoms with Gasteiger partial charge in [0, 0.05) is 5.39 Å². The van der Waals surface area contributed by atoms with Crippen LogP contribution in [0.25, 0.3) is 11.0 Å². The van der Waals surface area contributed by atoms with Gasteiger partial charge in [-0.3, -0.25) is 0 Å². The molecule has 2 heteroatoms. The van der Waals surface area contributed by atoms with E-state index in [1.165, 1.54) is 5.56 Å². The first kappa shape index (κ1) is 8.17. The Kier molecular flexibility index (Phi) is 1.76. The van der Waals surface area contributed by atoms with Gasteiger partial charge < -0.3 is 9.15 Å². The summed E-state index contributed by atoms with van der Waals surface area (Å²) in [5, 5.41) is 1.14. The summed E-state index contributed by atoms with van der Waals surface area (Å²) in [6, 6.07) is 5.93. The smallest absolute Gasteiger partial charge is 0.176 e. The van der Waals surface area contributed by atoms with Crippen LogP contribution in [0.5, 0.6) is 5.75 Å². The van der Waals surface area contributed by atoms with E-state index in [9.17, 15) is 0 Å². The number of rotatable bonds is 1. The lowest BCUT2D eigenvalue weighted by Gasteiger charge is -1.98. The summed E-state index contributed by atoms with van der Waals surface area (Å²) in [5.74, 6) is 1.76. The minimum absolute atomic E-state index is 0.800. The number of ether oxygens (including phenoxy) is 1. The van der Waals surface area contributed by atoms with Crippen LogP contribution in [0.2, 0.25) is 0 Å². The van der Waals surface area contributed by atoms with Crippen molar-refractivity contribution in [2.45, 2.75) is 13.8 Å². The molecule has 0 unspecified atom stereocenters. The summed E-state index contributed by atoms with van der Waals surface area (Å²) >= 11 is 0. The number of aryl methyl sites for hydroxylation is 2. The van der Waals surface area contributed by atoms with Crippen molar-refractivity contribution in [3.05, 3.63) is 29.5 Å². The lowest BCUT2D eigenvalue weighted by atomic mass is 10.1. The van der Waals surface area contributed by atoms with Crippen LogP contribution in [0.4, 0.5) is 0 Å². The minimum atomic E-state index is 0.800. The number of hydrogen-bond donors (Lipinski definition) is 0.